The molecule has 1 aromatic rings. The summed E-state index contributed by atoms with van der Waals surface area (Å²) in [5, 5.41) is 0. The molecule has 0 aliphatic rings. The molecule has 0 saturated heterocycles. The lowest BCUT2D eigenvalue weighted by atomic mass is 10.1. The van der Waals surface area contributed by atoms with Crippen LogP contribution in [0.3, 0.4) is 0 Å². The summed E-state index contributed by atoms with van der Waals surface area (Å²) in [7, 11) is 1.36. The fourth-order valence-electron chi connectivity index (χ4n) is 1.33. The highest BCUT2D eigenvalue weighted by Crippen LogP contribution is 2.20. The predicted molar refractivity (Wildman–Crippen MR) is 55.7 cm³/mol. The molecule has 0 amide bonds. The highest BCUT2D eigenvalue weighted by atomic mass is 16.6. The zero-order valence-electron chi connectivity index (χ0n) is 8.68. The summed E-state index contributed by atoms with van der Waals surface area (Å²) in [5.41, 5.74) is 0.962. The van der Waals surface area contributed by atoms with E-state index in [0.29, 0.717) is 12.8 Å². The molecule has 1 atom stereocenters. The van der Waals surface area contributed by atoms with Gasteiger partial charge in [-0.2, -0.15) is 0 Å². The topological polar surface area (TPSA) is 61.5 Å². The smallest absolute Gasteiger partial charge is 0.305 e. The summed E-state index contributed by atoms with van der Waals surface area (Å²) in [5.74, 6) is 4.92. The van der Waals surface area contributed by atoms with Gasteiger partial charge >= 0.3 is 5.97 Å². The Morgan fingerprint density at radius 2 is 2.07 bits per heavy atom. The van der Waals surface area contributed by atoms with E-state index < -0.39 is 0 Å². The lowest BCUT2D eigenvalue weighted by molar-refractivity contribution is -0.141. The normalized spacial score (nSPS) is 12.1. The monoisotopic (exact) mass is 209 g/mol. The SMILES string of the molecule is COC(=O)CCC(ON)c1ccccc1. The van der Waals surface area contributed by atoms with Crippen LogP contribution in [0.25, 0.3) is 0 Å². The van der Waals surface area contributed by atoms with E-state index in [0.717, 1.165) is 5.56 Å². The number of hydrogen-bond acceptors (Lipinski definition) is 4. The van der Waals surface area contributed by atoms with Crippen LogP contribution in [0.2, 0.25) is 0 Å². The van der Waals surface area contributed by atoms with Crippen molar-refractivity contribution in [3.63, 3.8) is 0 Å². The minimum atomic E-state index is -0.259. The van der Waals surface area contributed by atoms with Gasteiger partial charge in [-0.1, -0.05) is 30.3 Å². The number of hydrogen-bond donors (Lipinski definition) is 1. The number of methoxy groups -OCH3 is 1. The van der Waals surface area contributed by atoms with Crippen LogP contribution in [0, 0.1) is 0 Å². The number of carbonyl (C=O) groups is 1. The van der Waals surface area contributed by atoms with Gasteiger partial charge in [-0.15, -0.1) is 0 Å². The second-order valence-electron chi connectivity index (χ2n) is 3.15. The first-order valence-corrected chi connectivity index (χ1v) is 4.75. The van der Waals surface area contributed by atoms with Crippen molar-refractivity contribution in [1.82, 2.24) is 0 Å². The minimum absolute atomic E-state index is 0.256. The van der Waals surface area contributed by atoms with Gasteiger partial charge in [0.05, 0.1) is 7.11 Å². The molecule has 0 aliphatic heterocycles. The van der Waals surface area contributed by atoms with Gasteiger partial charge in [0.15, 0.2) is 0 Å². The highest BCUT2D eigenvalue weighted by Gasteiger charge is 2.13. The molecular weight excluding hydrogens is 194 g/mol. The van der Waals surface area contributed by atoms with Crippen LogP contribution in [-0.2, 0) is 14.4 Å². The average molecular weight is 209 g/mol. The molecule has 1 rings (SSSR count). The van der Waals surface area contributed by atoms with Crippen LogP contribution in [0.5, 0.6) is 0 Å². The standard InChI is InChI=1S/C11H15NO3/c1-14-11(13)8-7-10(15-12)9-5-3-2-4-6-9/h2-6,10H,7-8,12H2,1H3. The van der Waals surface area contributed by atoms with E-state index in [4.69, 9.17) is 10.7 Å². The van der Waals surface area contributed by atoms with E-state index in [1.165, 1.54) is 7.11 Å². The molecule has 0 heterocycles. The van der Waals surface area contributed by atoms with Gasteiger partial charge in [0.1, 0.15) is 6.10 Å². The molecule has 0 saturated carbocycles. The average Bonchev–Trinajstić information content (AvgIpc) is 2.31. The van der Waals surface area contributed by atoms with Crippen LogP contribution < -0.4 is 5.90 Å². The van der Waals surface area contributed by atoms with Crippen LogP contribution in [0.4, 0.5) is 0 Å². The first-order valence-electron chi connectivity index (χ1n) is 4.75. The highest BCUT2D eigenvalue weighted by molar-refractivity contribution is 5.69. The third-order valence-electron chi connectivity index (χ3n) is 2.17. The fourth-order valence-corrected chi connectivity index (χ4v) is 1.33. The van der Waals surface area contributed by atoms with E-state index in [-0.39, 0.29) is 12.1 Å². The molecule has 0 aromatic heterocycles. The number of nitrogens with two attached hydrogens (primary N) is 1. The maximum Gasteiger partial charge on any atom is 0.305 e. The minimum Gasteiger partial charge on any atom is -0.469 e. The largest absolute Gasteiger partial charge is 0.469 e. The van der Waals surface area contributed by atoms with Crippen LogP contribution in [0.1, 0.15) is 24.5 Å². The van der Waals surface area contributed by atoms with E-state index in [1.807, 2.05) is 30.3 Å². The molecule has 2 N–H and O–H groups in total. The summed E-state index contributed by atoms with van der Waals surface area (Å²) in [6.07, 6.45) is 0.561. The Bertz CT molecular complexity index is 300. The van der Waals surface area contributed by atoms with Crippen molar-refractivity contribution in [2.45, 2.75) is 18.9 Å². The number of benzene rings is 1. The van der Waals surface area contributed by atoms with E-state index in [1.54, 1.807) is 0 Å². The first kappa shape index (κ1) is 11.7. The predicted octanol–water partition coefficient (Wildman–Crippen LogP) is 1.57. The molecule has 0 spiro atoms. The third-order valence-corrected chi connectivity index (χ3v) is 2.17. The Morgan fingerprint density at radius 1 is 1.40 bits per heavy atom. The van der Waals surface area contributed by atoms with Gasteiger partial charge in [-0.05, 0) is 12.0 Å². The number of esters is 1. The Balaban J connectivity index is 2.53. The summed E-state index contributed by atoms with van der Waals surface area (Å²) in [6, 6.07) is 9.54. The van der Waals surface area contributed by atoms with Crippen molar-refractivity contribution in [2.75, 3.05) is 7.11 Å². The lowest BCUT2D eigenvalue weighted by Crippen LogP contribution is -2.12. The van der Waals surface area contributed by atoms with Crippen molar-refractivity contribution in [3.8, 4) is 0 Å². The Hall–Kier alpha value is -1.39. The van der Waals surface area contributed by atoms with Gasteiger partial charge in [0.2, 0.25) is 0 Å². The van der Waals surface area contributed by atoms with E-state index in [9.17, 15) is 4.79 Å². The number of rotatable bonds is 5. The van der Waals surface area contributed by atoms with E-state index >= 15 is 0 Å². The molecular formula is C11H15NO3. The van der Waals surface area contributed by atoms with E-state index in [2.05, 4.69) is 4.74 Å². The number of carbonyl (C=O) groups excluding carboxylic acids is 1. The Morgan fingerprint density at radius 3 is 2.60 bits per heavy atom. The third kappa shape index (κ3) is 3.69. The molecule has 0 aliphatic carbocycles. The van der Waals surface area contributed by atoms with Crippen molar-refractivity contribution < 1.29 is 14.4 Å². The zero-order chi connectivity index (χ0) is 11.1. The molecule has 82 valence electrons. The molecule has 4 nitrogen and oxygen atoms in total. The van der Waals surface area contributed by atoms with Gasteiger partial charge < -0.3 is 4.74 Å². The van der Waals surface area contributed by atoms with Crippen LogP contribution >= 0.6 is 0 Å². The quantitative estimate of drug-likeness (QED) is 0.590. The molecule has 0 bridgehead atoms. The molecule has 0 radical (unpaired) electrons. The summed E-state index contributed by atoms with van der Waals surface area (Å²) in [6.45, 7) is 0. The van der Waals surface area contributed by atoms with Gasteiger partial charge in [-0.3, -0.25) is 9.63 Å². The second-order valence-corrected chi connectivity index (χ2v) is 3.15. The molecule has 0 fully saturated rings. The van der Waals surface area contributed by atoms with Crippen LogP contribution in [0.15, 0.2) is 30.3 Å². The van der Waals surface area contributed by atoms with Crippen molar-refractivity contribution in [3.05, 3.63) is 35.9 Å². The molecule has 15 heavy (non-hydrogen) atoms. The maximum atomic E-state index is 10.9. The summed E-state index contributed by atoms with van der Waals surface area (Å²) < 4.78 is 4.55. The van der Waals surface area contributed by atoms with Gasteiger partial charge in [-0.25, -0.2) is 5.90 Å². The number of ether oxygens (including phenoxy) is 1. The van der Waals surface area contributed by atoms with Gasteiger partial charge in [0.25, 0.3) is 0 Å². The van der Waals surface area contributed by atoms with Crippen molar-refractivity contribution >= 4 is 5.97 Å². The van der Waals surface area contributed by atoms with Crippen molar-refractivity contribution in [1.29, 1.82) is 0 Å². The zero-order valence-corrected chi connectivity index (χ0v) is 8.68. The lowest BCUT2D eigenvalue weighted by Gasteiger charge is -2.13. The summed E-state index contributed by atoms with van der Waals surface area (Å²) >= 11 is 0. The molecule has 1 aromatic carbocycles. The molecule has 1 unspecified atom stereocenters. The second kappa shape index (κ2) is 6.16. The Kier molecular flexibility index (Phi) is 4.80. The van der Waals surface area contributed by atoms with Crippen molar-refractivity contribution in [2.24, 2.45) is 5.90 Å². The first-order chi connectivity index (χ1) is 7.27. The molecule has 4 heteroatoms. The fraction of sp³-hybridized carbons (Fsp3) is 0.364. The maximum absolute atomic E-state index is 10.9. The van der Waals surface area contributed by atoms with Gasteiger partial charge in [0, 0.05) is 6.42 Å². The van der Waals surface area contributed by atoms with Crippen LogP contribution in [-0.4, -0.2) is 13.1 Å². The Labute approximate surface area is 88.9 Å². The summed E-state index contributed by atoms with van der Waals surface area (Å²) in [4.78, 5) is 15.8.